The van der Waals surface area contributed by atoms with Crippen molar-refractivity contribution < 1.29 is 17.9 Å². The molecular weight excluding hydrogens is 424 g/mol. The van der Waals surface area contributed by atoms with Crippen molar-refractivity contribution in [3.63, 3.8) is 0 Å². The number of nitrogens with one attached hydrogen (secondary N) is 2. The van der Waals surface area contributed by atoms with E-state index in [1.807, 2.05) is 25.1 Å². The first-order chi connectivity index (χ1) is 14.3. The first kappa shape index (κ1) is 21.7. The van der Waals surface area contributed by atoms with Crippen molar-refractivity contribution >= 4 is 38.9 Å². The van der Waals surface area contributed by atoms with Gasteiger partial charge in [-0.2, -0.15) is 0 Å². The predicted octanol–water partition coefficient (Wildman–Crippen LogP) is 4.78. The maximum absolute atomic E-state index is 12.6. The molecule has 156 valence electrons. The van der Waals surface area contributed by atoms with Gasteiger partial charge in [-0.1, -0.05) is 35.9 Å². The lowest BCUT2D eigenvalue weighted by Crippen LogP contribution is -2.20. The van der Waals surface area contributed by atoms with Crippen LogP contribution in [0.1, 0.15) is 11.1 Å². The zero-order valence-corrected chi connectivity index (χ0v) is 18.0. The Kier molecular flexibility index (Phi) is 6.64. The van der Waals surface area contributed by atoms with Gasteiger partial charge in [0.2, 0.25) is 0 Å². The van der Waals surface area contributed by atoms with Crippen molar-refractivity contribution in [1.29, 1.82) is 0 Å². The van der Waals surface area contributed by atoms with Gasteiger partial charge in [-0.3, -0.25) is 9.52 Å². The van der Waals surface area contributed by atoms with Crippen molar-refractivity contribution in [3.8, 4) is 5.75 Å². The van der Waals surface area contributed by atoms with E-state index in [2.05, 4.69) is 10.0 Å². The smallest absolute Gasteiger partial charge is 0.262 e. The number of benzene rings is 3. The van der Waals surface area contributed by atoms with Crippen molar-refractivity contribution in [2.45, 2.75) is 18.7 Å². The van der Waals surface area contributed by atoms with E-state index in [0.29, 0.717) is 27.7 Å². The molecule has 0 bridgehead atoms. The number of halogens is 1. The Morgan fingerprint density at radius 1 is 0.967 bits per heavy atom. The first-order valence-electron chi connectivity index (χ1n) is 9.12. The maximum atomic E-state index is 12.6. The summed E-state index contributed by atoms with van der Waals surface area (Å²) in [5.41, 5.74) is 2.45. The highest BCUT2D eigenvalue weighted by atomic mass is 35.5. The highest BCUT2D eigenvalue weighted by molar-refractivity contribution is 7.92. The standard InChI is InChI=1S/C22H21ClN2O4S/c1-15-6-3-4-9-21(15)29-14-22(26)24-17-10-12-18(13-11-17)30(27,28)25-20-8-5-7-19(23)16(20)2/h3-13,25H,14H2,1-2H3,(H,24,26). The lowest BCUT2D eigenvalue weighted by Gasteiger charge is -2.12. The van der Waals surface area contributed by atoms with Crippen molar-refractivity contribution in [2.24, 2.45) is 0 Å². The molecular formula is C22H21ClN2O4S. The summed E-state index contributed by atoms with van der Waals surface area (Å²) >= 11 is 6.05. The summed E-state index contributed by atoms with van der Waals surface area (Å²) in [5, 5.41) is 3.15. The van der Waals surface area contributed by atoms with Crippen LogP contribution in [-0.2, 0) is 14.8 Å². The molecule has 3 aromatic carbocycles. The Morgan fingerprint density at radius 2 is 1.67 bits per heavy atom. The van der Waals surface area contributed by atoms with E-state index in [-0.39, 0.29) is 17.4 Å². The Bertz CT molecular complexity index is 1160. The van der Waals surface area contributed by atoms with Crippen LogP contribution in [0.5, 0.6) is 5.75 Å². The number of anilines is 2. The van der Waals surface area contributed by atoms with Gasteiger partial charge in [-0.25, -0.2) is 8.42 Å². The molecule has 0 aliphatic carbocycles. The van der Waals surface area contributed by atoms with Gasteiger partial charge in [0.15, 0.2) is 6.61 Å². The van der Waals surface area contributed by atoms with Crippen molar-refractivity contribution in [3.05, 3.63) is 82.9 Å². The summed E-state index contributed by atoms with van der Waals surface area (Å²) < 4.78 is 33.3. The van der Waals surface area contributed by atoms with Crippen LogP contribution in [0.4, 0.5) is 11.4 Å². The third-order valence-corrected chi connectivity index (χ3v) is 6.20. The summed E-state index contributed by atoms with van der Waals surface area (Å²) in [6, 6.07) is 18.3. The number of ether oxygens (including phenoxy) is 1. The second-order valence-electron chi connectivity index (χ2n) is 6.64. The average Bonchev–Trinajstić information content (AvgIpc) is 2.71. The fraction of sp³-hybridized carbons (Fsp3) is 0.136. The summed E-state index contributed by atoms with van der Waals surface area (Å²) in [4.78, 5) is 12.2. The van der Waals surface area contributed by atoms with Crippen LogP contribution in [0, 0.1) is 13.8 Å². The van der Waals surface area contributed by atoms with Crippen LogP contribution in [0.3, 0.4) is 0 Å². The van der Waals surface area contributed by atoms with E-state index in [1.54, 1.807) is 31.2 Å². The maximum Gasteiger partial charge on any atom is 0.262 e. The number of hydrogen-bond donors (Lipinski definition) is 2. The van der Waals surface area contributed by atoms with E-state index >= 15 is 0 Å². The van der Waals surface area contributed by atoms with Crippen LogP contribution in [0.15, 0.2) is 71.6 Å². The summed E-state index contributed by atoms with van der Waals surface area (Å²) in [6.07, 6.45) is 0. The topological polar surface area (TPSA) is 84.5 Å². The van der Waals surface area contributed by atoms with Crippen LogP contribution in [-0.4, -0.2) is 20.9 Å². The largest absolute Gasteiger partial charge is 0.483 e. The van der Waals surface area contributed by atoms with Gasteiger partial charge in [0.1, 0.15) is 5.75 Å². The molecule has 1 amide bonds. The number of hydrogen-bond acceptors (Lipinski definition) is 4. The number of para-hydroxylation sites is 1. The Morgan fingerprint density at radius 3 is 2.37 bits per heavy atom. The molecule has 0 heterocycles. The predicted molar refractivity (Wildman–Crippen MR) is 119 cm³/mol. The lowest BCUT2D eigenvalue weighted by molar-refractivity contribution is -0.118. The van der Waals surface area contributed by atoms with Gasteiger partial charge in [-0.05, 0) is 67.4 Å². The van der Waals surface area contributed by atoms with Gasteiger partial charge in [0.25, 0.3) is 15.9 Å². The molecule has 3 aromatic rings. The summed E-state index contributed by atoms with van der Waals surface area (Å²) in [5.74, 6) is 0.290. The molecule has 0 saturated carbocycles. The third-order valence-electron chi connectivity index (χ3n) is 4.41. The molecule has 0 atom stereocenters. The van der Waals surface area contributed by atoms with Crippen LogP contribution in [0.2, 0.25) is 5.02 Å². The van der Waals surface area contributed by atoms with Crippen molar-refractivity contribution in [2.75, 3.05) is 16.6 Å². The second-order valence-corrected chi connectivity index (χ2v) is 8.73. The van der Waals surface area contributed by atoms with Crippen molar-refractivity contribution in [1.82, 2.24) is 0 Å². The molecule has 0 aromatic heterocycles. The molecule has 30 heavy (non-hydrogen) atoms. The van der Waals surface area contributed by atoms with Crippen LogP contribution in [0.25, 0.3) is 0 Å². The van der Waals surface area contributed by atoms with Gasteiger partial charge in [0.05, 0.1) is 10.6 Å². The highest BCUT2D eigenvalue weighted by Crippen LogP contribution is 2.26. The minimum absolute atomic E-state index is 0.0658. The van der Waals surface area contributed by atoms with E-state index in [4.69, 9.17) is 16.3 Å². The number of sulfonamides is 1. The number of aryl methyl sites for hydroxylation is 1. The fourth-order valence-corrected chi connectivity index (χ4v) is 4.00. The molecule has 0 aliphatic rings. The molecule has 0 saturated heterocycles. The van der Waals surface area contributed by atoms with Crippen LogP contribution < -0.4 is 14.8 Å². The normalized spacial score (nSPS) is 11.0. The molecule has 0 aliphatic heterocycles. The lowest BCUT2D eigenvalue weighted by atomic mass is 10.2. The molecule has 8 heteroatoms. The zero-order chi connectivity index (χ0) is 21.7. The highest BCUT2D eigenvalue weighted by Gasteiger charge is 2.16. The quantitative estimate of drug-likeness (QED) is 0.549. The van der Waals surface area contributed by atoms with E-state index < -0.39 is 10.0 Å². The number of rotatable bonds is 7. The molecule has 2 N–H and O–H groups in total. The Labute approximate surface area is 180 Å². The zero-order valence-electron chi connectivity index (χ0n) is 16.5. The summed E-state index contributed by atoms with van der Waals surface area (Å²) in [7, 11) is -3.79. The van der Waals surface area contributed by atoms with Gasteiger partial charge < -0.3 is 10.1 Å². The van der Waals surface area contributed by atoms with E-state index in [1.165, 1.54) is 24.3 Å². The van der Waals surface area contributed by atoms with Crippen LogP contribution >= 0.6 is 11.6 Å². The minimum atomic E-state index is -3.79. The van der Waals surface area contributed by atoms with Gasteiger partial charge >= 0.3 is 0 Å². The number of amides is 1. The number of carbonyl (C=O) groups is 1. The average molecular weight is 445 g/mol. The molecule has 3 rings (SSSR count). The molecule has 0 radical (unpaired) electrons. The molecule has 0 fully saturated rings. The van der Waals surface area contributed by atoms with Gasteiger partial charge in [0, 0.05) is 10.7 Å². The first-order valence-corrected chi connectivity index (χ1v) is 11.0. The van der Waals surface area contributed by atoms with E-state index in [9.17, 15) is 13.2 Å². The molecule has 6 nitrogen and oxygen atoms in total. The minimum Gasteiger partial charge on any atom is -0.483 e. The van der Waals surface area contributed by atoms with E-state index in [0.717, 1.165) is 5.56 Å². The summed E-state index contributed by atoms with van der Waals surface area (Å²) in [6.45, 7) is 3.48. The molecule has 0 spiro atoms. The Balaban J connectivity index is 1.63. The number of carbonyl (C=O) groups excluding carboxylic acids is 1. The monoisotopic (exact) mass is 444 g/mol. The second kappa shape index (κ2) is 9.19. The third kappa shape index (κ3) is 5.31. The fourth-order valence-electron chi connectivity index (χ4n) is 2.70. The van der Waals surface area contributed by atoms with Gasteiger partial charge in [-0.15, -0.1) is 0 Å². The SMILES string of the molecule is Cc1ccccc1OCC(=O)Nc1ccc(S(=O)(=O)Nc2cccc(Cl)c2C)cc1. The molecule has 0 unspecified atom stereocenters. The Hall–Kier alpha value is -3.03.